The average Bonchev–Trinajstić information content (AvgIpc) is 2.79. The maximum Gasteiger partial charge on any atom is 0.247 e. The molecule has 0 aromatic heterocycles. The summed E-state index contributed by atoms with van der Waals surface area (Å²) in [6.07, 6.45) is 0. The molecule has 7 rings (SSSR count). The molecule has 0 saturated heterocycles. The van der Waals surface area contributed by atoms with Gasteiger partial charge < -0.3 is 0 Å². The minimum absolute atomic E-state index is 0.308. The summed E-state index contributed by atoms with van der Waals surface area (Å²) in [6.45, 7) is 0.308. The molecule has 134 valence electrons. The third kappa shape index (κ3) is 2.20. The molecule has 3 heteroatoms. The van der Waals surface area contributed by atoms with Crippen molar-refractivity contribution in [2.24, 2.45) is 0 Å². The summed E-state index contributed by atoms with van der Waals surface area (Å²) >= 11 is 3.89. The van der Waals surface area contributed by atoms with Gasteiger partial charge in [0, 0.05) is 19.6 Å². The second-order valence-corrected chi connectivity index (χ2v) is 9.82. The maximum atomic E-state index is 2.37. The van der Waals surface area contributed by atoms with Crippen LogP contribution >= 0.6 is 23.5 Å². The molecule has 0 N–H and O–H groups in total. The van der Waals surface area contributed by atoms with Crippen LogP contribution in [0.15, 0.2) is 111 Å². The molecule has 0 nitrogen and oxygen atoms in total. The molecule has 0 bridgehead atoms. The van der Waals surface area contributed by atoms with E-state index in [0.29, 0.717) is 6.71 Å². The first kappa shape index (κ1) is 16.2. The van der Waals surface area contributed by atoms with Gasteiger partial charge in [-0.3, -0.25) is 0 Å². The average molecular weight is 402 g/mol. The molecule has 0 radical (unpaired) electrons. The maximum absolute atomic E-state index is 2.37. The second-order valence-electron chi connectivity index (χ2n) is 7.72. The standard InChI is InChI=1S/C26H15BS2/c1-3-8-18-16(6-1)12-14-20-25(18)28-22-10-5-11-23-24(22)27(20)21-15-13-17-7-2-4-9-19(17)26(21)29-23/h1-15H. The van der Waals surface area contributed by atoms with Gasteiger partial charge in [0.2, 0.25) is 6.71 Å². The number of benzene rings is 5. The molecule has 2 aliphatic rings. The summed E-state index contributed by atoms with van der Waals surface area (Å²) < 4.78 is 0. The lowest BCUT2D eigenvalue weighted by Gasteiger charge is -2.33. The molecule has 5 aromatic rings. The lowest BCUT2D eigenvalue weighted by molar-refractivity contribution is 1.35. The van der Waals surface area contributed by atoms with Crippen LogP contribution in [0.25, 0.3) is 21.5 Å². The molecule has 0 atom stereocenters. The van der Waals surface area contributed by atoms with Crippen molar-refractivity contribution in [2.45, 2.75) is 19.6 Å². The van der Waals surface area contributed by atoms with Crippen LogP contribution in [0.5, 0.6) is 0 Å². The Kier molecular flexibility index (Phi) is 3.32. The summed E-state index contributed by atoms with van der Waals surface area (Å²) in [5.74, 6) is 0. The highest BCUT2D eigenvalue weighted by atomic mass is 32.2. The molecule has 0 amide bonds. The van der Waals surface area contributed by atoms with Gasteiger partial charge in [-0.2, -0.15) is 0 Å². The zero-order valence-electron chi connectivity index (χ0n) is 15.6. The smallest absolute Gasteiger partial charge is 0.0905 e. The highest BCUT2D eigenvalue weighted by Gasteiger charge is 2.38. The largest absolute Gasteiger partial charge is 0.247 e. The van der Waals surface area contributed by atoms with E-state index in [1.165, 1.54) is 57.5 Å². The quantitative estimate of drug-likeness (QED) is 0.310. The van der Waals surface area contributed by atoms with Crippen LogP contribution in [-0.2, 0) is 0 Å². The van der Waals surface area contributed by atoms with Gasteiger partial charge in [-0.05, 0) is 39.1 Å². The van der Waals surface area contributed by atoms with Gasteiger partial charge in [0.25, 0.3) is 0 Å². The monoisotopic (exact) mass is 402 g/mol. The third-order valence-corrected chi connectivity index (χ3v) is 8.65. The summed E-state index contributed by atoms with van der Waals surface area (Å²) in [5.41, 5.74) is 4.39. The number of fused-ring (bicyclic) bond motifs is 8. The van der Waals surface area contributed by atoms with Crippen molar-refractivity contribution in [3.63, 3.8) is 0 Å². The minimum Gasteiger partial charge on any atom is -0.0905 e. The fraction of sp³-hybridized carbons (Fsp3) is 0. The highest BCUT2D eigenvalue weighted by Crippen LogP contribution is 2.42. The normalized spacial score (nSPS) is 13.9. The van der Waals surface area contributed by atoms with Crippen molar-refractivity contribution >= 4 is 68.2 Å². The molecular weight excluding hydrogens is 387 g/mol. The Balaban J connectivity index is 1.60. The van der Waals surface area contributed by atoms with Crippen molar-refractivity contribution in [3.05, 3.63) is 91.0 Å². The SMILES string of the molecule is c1cc2c3c(c1)Sc1c(ccc4ccccc14)B3c1ccc3ccccc3c1S2. The lowest BCUT2D eigenvalue weighted by atomic mass is 9.36. The van der Waals surface area contributed by atoms with E-state index in [0.717, 1.165) is 0 Å². The predicted molar refractivity (Wildman–Crippen MR) is 127 cm³/mol. The van der Waals surface area contributed by atoms with Gasteiger partial charge in [-0.1, -0.05) is 113 Å². The molecule has 0 spiro atoms. The van der Waals surface area contributed by atoms with Crippen LogP contribution < -0.4 is 16.4 Å². The Morgan fingerprint density at radius 3 is 1.55 bits per heavy atom. The Morgan fingerprint density at radius 2 is 1.00 bits per heavy atom. The first-order valence-electron chi connectivity index (χ1n) is 9.90. The topological polar surface area (TPSA) is 0 Å². The minimum atomic E-state index is 0.308. The molecule has 2 heterocycles. The van der Waals surface area contributed by atoms with Crippen LogP contribution in [0, 0.1) is 0 Å². The molecular formula is C26H15BS2. The fourth-order valence-electron chi connectivity index (χ4n) is 4.89. The molecule has 0 saturated carbocycles. The first-order chi connectivity index (χ1) is 14.4. The van der Waals surface area contributed by atoms with Gasteiger partial charge in [0.1, 0.15) is 0 Å². The number of rotatable bonds is 0. The van der Waals surface area contributed by atoms with Gasteiger partial charge in [-0.15, -0.1) is 0 Å². The molecule has 0 aliphatic carbocycles. The van der Waals surface area contributed by atoms with Gasteiger partial charge in [0.05, 0.1) is 0 Å². The van der Waals surface area contributed by atoms with Crippen LogP contribution in [0.1, 0.15) is 0 Å². The van der Waals surface area contributed by atoms with E-state index in [-0.39, 0.29) is 0 Å². The molecule has 0 fully saturated rings. The lowest BCUT2D eigenvalue weighted by Crippen LogP contribution is -2.58. The zero-order chi connectivity index (χ0) is 18.9. The summed E-state index contributed by atoms with van der Waals surface area (Å²) in [4.78, 5) is 5.65. The van der Waals surface area contributed by atoms with Gasteiger partial charge in [-0.25, -0.2) is 0 Å². The number of hydrogen-bond donors (Lipinski definition) is 0. The zero-order valence-corrected chi connectivity index (χ0v) is 17.2. The number of hydrogen-bond acceptors (Lipinski definition) is 2. The molecule has 5 aromatic carbocycles. The van der Waals surface area contributed by atoms with E-state index in [1.54, 1.807) is 0 Å². The van der Waals surface area contributed by atoms with Crippen LogP contribution in [0.3, 0.4) is 0 Å². The highest BCUT2D eigenvalue weighted by molar-refractivity contribution is 8.01. The molecule has 2 aliphatic heterocycles. The summed E-state index contributed by atoms with van der Waals surface area (Å²) in [7, 11) is 0. The van der Waals surface area contributed by atoms with Gasteiger partial charge in [0.15, 0.2) is 0 Å². The van der Waals surface area contributed by atoms with E-state index in [1.807, 2.05) is 23.5 Å². The molecule has 0 unspecified atom stereocenters. The van der Waals surface area contributed by atoms with Crippen LogP contribution in [-0.4, -0.2) is 6.71 Å². The van der Waals surface area contributed by atoms with Crippen molar-refractivity contribution in [2.75, 3.05) is 0 Å². The van der Waals surface area contributed by atoms with E-state index in [4.69, 9.17) is 0 Å². The van der Waals surface area contributed by atoms with Crippen LogP contribution in [0.2, 0.25) is 0 Å². The van der Waals surface area contributed by atoms with Crippen molar-refractivity contribution in [3.8, 4) is 0 Å². The van der Waals surface area contributed by atoms with Crippen molar-refractivity contribution in [1.82, 2.24) is 0 Å². The predicted octanol–water partition coefficient (Wildman–Crippen LogP) is 5.44. The Morgan fingerprint density at radius 1 is 0.483 bits per heavy atom. The first-order valence-corrected chi connectivity index (χ1v) is 11.5. The Labute approximate surface area is 178 Å². The Bertz CT molecular complexity index is 1360. The van der Waals surface area contributed by atoms with Crippen LogP contribution in [0.4, 0.5) is 0 Å². The van der Waals surface area contributed by atoms with E-state index < -0.39 is 0 Å². The van der Waals surface area contributed by atoms with Gasteiger partial charge >= 0.3 is 0 Å². The summed E-state index contributed by atoms with van der Waals surface area (Å²) in [5, 5.41) is 5.38. The van der Waals surface area contributed by atoms with E-state index in [2.05, 4.69) is 91.0 Å². The van der Waals surface area contributed by atoms with E-state index >= 15 is 0 Å². The fourth-order valence-corrected chi connectivity index (χ4v) is 7.56. The van der Waals surface area contributed by atoms with Crippen molar-refractivity contribution < 1.29 is 0 Å². The third-order valence-electron chi connectivity index (χ3n) is 6.18. The Hall–Kier alpha value is -2.62. The van der Waals surface area contributed by atoms with Crippen molar-refractivity contribution in [1.29, 1.82) is 0 Å². The molecule has 29 heavy (non-hydrogen) atoms. The van der Waals surface area contributed by atoms with E-state index in [9.17, 15) is 0 Å². The summed E-state index contributed by atoms with van der Waals surface area (Å²) in [6, 6.07) is 33.7. The second kappa shape index (κ2) is 5.95.